The van der Waals surface area contributed by atoms with Crippen molar-refractivity contribution >= 4 is 34.8 Å². The second kappa shape index (κ2) is 6.39. The van der Waals surface area contributed by atoms with Crippen LogP contribution in [0.4, 0.5) is 4.79 Å². The maximum Gasteiger partial charge on any atom is 0.305 e. The molecule has 0 aromatic carbocycles. The average molecular weight is 274 g/mol. The summed E-state index contributed by atoms with van der Waals surface area (Å²) in [6.07, 6.45) is 0.340. The molecular weight excluding hydrogens is 260 g/mol. The number of carboxylic acid groups (broad SMARTS) is 1. The highest BCUT2D eigenvalue weighted by molar-refractivity contribution is 8.15. The molecule has 0 bridgehead atoms. The number of amides is 3. The molecule has 0 spiro atoms. The molecule has 1 heterocycles. The summed E-state index contributed by atoms with van der Waals surface area (Å²) in [7, 11) is 0. The zero-order chi connectivity index (χ0) is 13.7. The summed E-state index contributed by atoms with van der Waals surface area (Å²) >= 11 is 0.653. The molecule has 100 valence electrons. The van der Waals surface area contributed by atoms with Gasteiger partial charge in [-0.1, -0.05) is 18.7 Å². The van der Waals surface area contributed by atoms with Gasteiger partial charge in [0, 0.05) is 6.54 Å². The second-order valence-electron chi connectivity index (χ2n) is 3.74. The van der Waals surface area contributed by atoms with Gasteiger partial charge in [-0.2, -0.15) is 0 Å². The SMILES string of the molecule is CCCNC(=O)CN1C(=O)SC(CC(=O)O)C1=O. The minimum absolute atomic E-state index is 0.346. The van der Waals surface area contributed by atoms with Crippen LogP contribution in [0.5, 0.6) is 0 Å². The van der Waals surface area contributed by atoms with Crippen LogP contribution in [0.15, 0.2) is 0 Å². The topological polar surface area (TPSA) is 104 Å². The number of carbonyl (C=O) groups excluding carboxylic acids is 3. The van der Waals surface area contributed by atoms with Gasteiger partial charge in [-0.05, 0) is 6.42 Å². The van der Waals surface area contributed by atoms with Crippen LogP contribution in [0.25, 0.3) is 0 Å². The van der Waals surface area contributed by atoms with Crippen LogP contribution in [-0.2, 0) is 14.4 Å². The predicted octanol–water partition coefficient (Wildman–Crippen LogP) is 0.0513. The maximum atomic E-state index is 11.7. The Hall–Kier alpha value is -1.57. The molecule has 0 aliphatic carbocycles. The summed E-state index contributed by atoms with van der Waals surface area (Å²) in [5.74, 6) is -2.18. The third-order valence-corrected chi connectivity index (χ3v) is 3.31. The predicted molar refractivity (Wildman–Crippen MR) is 64.0 cm³/mol. The number of imide groups is 1. The number of hydrogen-bond donors (Lipinski definition) is 2. The van der Waals surface area contributed by atoms with E-state index in [1.165, 1.54) is 0 Å². The van der Waals surface area contributed by atoms with Gasteiger partial charge in [0.2, 0.25) is 11.8 Å². The number of hydrogen-bond acceptors (Lipinski definition) is 5. The van der Waals surface area contributed by atoms with Gasteiger partial charge in [0.1, 0.15) is 11.8 Å². The van der Waals surface area contributed by atoms with E-state index in [2.05, 4.69) is 5.32 Å². The van der Waals surface area contributed by atoms with Gasteiger partial charge >= 0.3 is 5.97 Å². The third-order valence-electron chi connectivity index (χ3n) is 2.24. The van der Waals surface area contributed by atoms with Crippen LogP contribution in [0, 0.1) is 0 Å². The van der Waals surface area contributed by atoms with E-state index in [1.54, 1.807) is 0 Å². The Labute approximate surface area is 108 Å². The lowest BCUT2D eigenvalue weighted by Crippen LogP contribution is -2.41. The summed E-state index contributed by atoms with van der Waals surface area (Å²) in [5.41, 5.74) is 0. The largest absolute Gasteiger partial charge is 0.481 e. The van der Waals surface area contributed by atoms with Crippen molar-refractivity contribution in [2.24, 2.45) is 0 Å². The molecular formula is C10H14N2O5S. The molecule has 1 aliphatic heterocycles. The van der Waals surface area contributed by atoms with E-state index in [0.29, 0.717) is 18.3 Å². The van der Waals surface area contributed by atoms with Crippen molar-refractivity contribution in [2.75, 3.05) is 13.1 Å². The van der Waals surface area contributed by atoms with Crippen LogP contribution >= 0.6 is 11.8 Å². The fraction of sp³-hybridized carbons (Fsp3) is 0.600. The zero-order valence-electron chi connectivity index (χ0n) is 9.84. The second-order valence-corrected chi connectivity index (χ2v) is 4.90. The molecule has 3 amide bonds. The number of rotatable bonds is 6. The molecule has 1 unspecified atom stereocenters. The highest BCUT2D eigenvalue weighted by Gasteiger charge is 2.41. The first-order chi connectivity index (χ1) is 8.45. The smallest absolute Gasteiger partial charge is 0.305 e. The van der Waals surface area contributed by atoms with Gasteiger partial charge < -0.3 is 10.4 Å². The third kappa shape index (κ3) is 3.73. The van der Waals surface area contributed by atoms with E-state index >= 15 is 0 Å². The van der Waals surface area contributed by atoms with Crippen LogP contribution in [0.3, 0.4) is 0 Å². The van der Waals surface area contributed by atoms with Gasteiger partial charge in [0.15, 0.2) is 0 Å². The van der Waals surface area contributed by atoms with E-state index in [9.17, 15) is 19.2 Å². The molecule has 2 N–H and O–H groups in total. The minimum atomic E-state index is -1.15. The maximum absolute atomic E-state index is 11.7. The monoisotopic (exact) mass is 274 g/mol. The average Bonchev–Trinajstić information content (AvgIpc) is 2.53. The fourth-order valence-corrected chi connectivity index (χ4v) is 2.37. The molecule has 8 heteroatoms. The van der Waals surface area contributed by atoms with Gasteiger partial charge in [0.25, 0.3) is 5.24 Å². The molecule has 1 saturated heterocycles. The Bertz CT molecular complexity index is 384. The summed E-state index contributed by atoms with van der Waals surface area (Å²) in [5, 5.41) is 9.64. The fourth-order valence-electron chi connectivity index (χ4n) is 1.39. The minimum Gasteiger partial charge on any atom is -0.481 e. The lowest BCUT2D eigenvalue weighted by molar-refractivity contribution is -0.139. The van der Waals surface area contributed by atoms with E-state index < -0.39 is 34.7 Å². The summed E-state index contributed by atoms with van der Waals surface area (Å²) in [6, 6.07) is 0. The molecule has 1 fully saturated rings. The first-order valence-corrected chi connectivity index (χ1v) is 6.34. The molecule has 1 aliphatic rings. The Balaban J connectivity index is 2.56. The van der Waals surface area contributed by atoms with Crippen molar-refractivity contribution in [3.63, 3.8) is 0 Å². The Morgan fingerprint density at radius 1 is 1.44 bits per heavy atom. The number of carbonyl (C=O) groups is 4. The summed E-state index contributed by atoms with van der Waals surface area (Å²) in [6.45, 7) is 2.01. The van der Waals surface area contributed by atoms with Gasteiger partial charge in [-0.15, -0.1) is 0 Å². The zero-order valence-corrected chi connectivity index (χ0v) is 10.7. The molecule has 7 nitrogen and oxygen atoms in total. The Kier molecular flexibility index (Phi) is 5.14. The van der Waals surface area contributed by atoms with Crippen molar-refractivity contribution < 1.29 is 24.3 Å². The van der Waals surface area contributed by atoms with Crippen molar-refractivity contribution in [3.05, 3.63) is 0 Å². The van der Waals surface area contributed by atoms with Crippen LogP contribution in [0.1, 0.15) is 19.8 Å². The highest BCUT2D eigenvalue weighted by atomic mass is 32.2. The molecule has 18 heavy (non-hydrogen) atoms. The Morgan fingerprint density at radius 2 is 2.11 bits per heavy atom. The van der Waals surface area contributed by atoms with Gasteiger partial charge in [-0.25, -0.2) is 0 Å². The number of thioether (sulfide) groups is 1. The van der Waals surface area contributed by atoms with Crippen LogP contribution < -0.4 is 5.32 Å². The van der Waals surface area contributed by atoms with E-state index in [4.69, 9.17) is 5.11 Å². The quantitative estimate of drug-likeness (QED) is 0.709. The van der Waals surface area contributed by atoms with Crippen LogP contribution in [-0.4, -0.2) is 51.4 Å². The standard InChI is InChI=1S/C10H14N2O5S/c1-2-3-11-7(13)5-12-9(16)6(4-8(14)15)18-10(12)17/h6H,2-5H2,1H3,(H,11,13)(H,14,15). The molecule has 1 rings (SSSR count). The number of nitrogens with zero attached hydrogens (tertiary/aromatic N) is 1. The van der Waals surface area contributed by atoms with Crippen molar-refractivity contribution in [2.45, 2.75) is 25.0 Å². The van der Waals surface area contributed by atoms with E-state index in [0.717, 1.165) is 11.3 Å². The highest BCUT2D eigenvalue weighted by Crippen LogP contribution is 2.28. The number of nitrogens with one attached hydrogen (secondary N) is 1. The molecule has 0 saturated carbocycles. The molecule has 1 atom stereocenters. The summed E-state index contributed by atoms with van der Waals surface area (Å²) < 4.78 is 0. The molecule has 0 aromatic heterocycles. The number of carboxylic acids is 1. The molecule has 0 aromatic rings. The van der Waals surface area contributed by atoms with Gasteiger partial charge in [-0.3, -0.25) is 24.1 Å². The van der Waals surface area contributed by atoms with E-state index in [-0.39, 0.29) is 6.54 Å². The van der Waals surface area contributed by atoms with Crippen molar-refractivity contribution in [3.8, 4) is 0 Å². The number of aliphatic carboxylic acids is 1. The first-order valence-electron chi connectivity index (χ1n) is 5.46. The summed E-state index contributed by atoms with van der Waals surface area (Å²) in [4.78, 5) is 45.9. The lowest BCUT2D eigenvalue weighted by atomic mass is 10.2. The van der Waals surface area contributed by atoms with Crippen LogP contribution in [0.2, 0.25) is 0 Å². The van der Waals surface area contributed by atoms with Crippen molar-refractivity contribution in [1.29, 1.82) is 0 Å². The first kappa shape index (κ1) is 14.5. The lowest BCUT2D eigenvalue weighted by Gasteiger charge is -2.12. The van der Waals surface area contributed by atoms with Crippen molar-refractivity contribution in [1.82, 2.24) is 10.2 Å². The normalized spacial score (nSPS) is 19.2. The van der Waals surface area contributed by atoms with Gasteiger partial charge in [0.05, 0.1) is 6.42 Å². The van der Waals surface area contributed by atoms with E-state index in [1.807, 2.05) is 6.92 Å². The molecule has 0 radical (unpaired) electrons. The Morgan fingerprint density at radius 3 is 2.67 bits per heavy atom.